The summed E-state index contributed by atoms with van der Waals surface area (Å²) in [5.74, 6) is 1.64. The highest BCUT2D eigenvalue weighted by molar-refractivity contribution is 5.49. The molecule has 22 heavy (non-hydrogen) atoms. The van der Waals surface area contributed by atoms with E-state index in [1.165, 1.54) is 16.7 Å². The van der Waals surface area contributed by atoms with Crippen molar-refractivity contribution in [2.45, 2.75) is 18.9 Å². The Morgan fingerprint density at radius 3 is 2.41 bits per heavy atom. The molecule has 0 saturated carbocycles. The molecule has 1 aliphatic rings. The molecule has 0 saturated heterocycles. The summed E-state index contributed by atoms with van der Waals surface area (Å²) in [6.07, 6.45) is 2.07. The Balaban J connectivity index is 1.98. The van der Waals surface area contributed by atoms with Crippen molar-refractivity contribution >= 4 is 0 Å². The van der Waals surface area contributed by atoms with Gasteiger partial charge in [-0.3, -0.25) is 4.90 Å². The van der Waals surface area contributed by atoms with Crippen molar-refractivity contribution in [3.05, 3.63) is 59.2 Å². The van der Waals surface area contributed by atoms with Crippen molar-refractivity contribution in [1.29, 1.82) is 0 Å². The highest BCUT2D eigenvalue weighted by Gasteiger charge is 2.26. The van der Waals surface area contributed by atoms with Crippen LogP contribution in [0.15, 0.2) is 42.5 Å². The minimum Gasteiger partial charge on any atom is -0.493 e. The SMILES string of the molecule is COc1cc2c(cc1OC)C(Cc1ccccc1)N(C)CC2. The predicted octanol–water partition coefficient (Wildman–Crippen LogP) is 3.48. The number of likely N-dealkylation sites (N-methyl/N-ethyl adjacent to an activating group) is 1. The molecule has 1 unspecified atom stereocenters. The second-order valence-electron chi connectivity index (χ2n) is 5.84. The summed E-state index contributed by atoms with van der Waals surface area (Å²) >= 11 is 0. The second-order valence-corrected chi connectivity index (χ2v) is 5.84. The van der Waals surface area contributed by atoms with Crippen LogP contribution in [0, 0.1) is 0 Å². The molecule has 0 amide bonds. The van der Waals surface area contributed by atoms with Crippen molar-refractivity contribution < 1.29 is 9.47 Å². The fraction of sp³-hybridized carbons (Fsp3) is 0.368. The van der Waals surface area contributed by atoms with Gasteiger partial charge >= 0.3 is 0 Å². The molecule has 2 aromatic rings. The topological polar surface area (TPSA) is 21.7 Å². The van der Waals surface area contributed by atoms with Crippen LogP contribution in [-0.4, -0.2) is 32.7 Å². The molecule has 0 radical (unpaired) electrons. The number of rotatable bonds is 4. The molecule has 116 valence electrons. The third-order valence-electron chi connectivity index (χ3n) is 4.54. The van der Waals surface area contributed by atoms with E-state index in [1.807, 2.05) is 0 Å². The van der Waals surface area contributed by atoms with Crippen molar-refractivity contribution in [2.75, 3.05) is 27.8 Å². The van der Waals surface area contributed by atoms with E-state index in [-0.39, 0.29) is 0 Å². The lowest BCUT2D eigenvalue weighted by Crippen LogP contribution is -2.33. The van der Waals surface area contributed by atoms with Crippen molar-refractivity contribution in [3.8, 4) is 11.5 Å². The van der Waals surface area contributed by atoms with Crippen molar-refractivity contribution in [1.82, 2.24) is 4.90 Å². The van der Waals surface area contributed by atoms with Gasteiger partial charge in [-0.05, 0) is 48.7 Å². The summed E-state index contributed by atoms with van der Waals surface area (Å²) in [7, 11) is 5.59. The average Bonchev–Trinajstić information content (AvgIpc) is 2.57. The van der Waals surface area contributed by atoms with E-state index in [0.717, 1.165) is 30.9 Å². The Hall–Kier alpha value is -2.00. The van der Waals surface area contributed by atoms with Crippen LogP contribution in [0.4, 0.5) is 0 Å². The third kappa shape index (κ3) is 2.81. The van der Waals surface area contributed by atoms with Crippen LogP contribution in [0.1, 0.15) is 22.7 Å². The Kier molecular flexibility index (Phi) is 4.34. The number of hydrogen-bond acceptors (Lipinski definition) is 3. The van der Waals surface area contributed by atoms with Gasteiger partial charge in [-0.2, -0.15) is 0 Å². The van der Waals surface area contributed by atoms with Gasteiger partial charge in [-0.15, -0.1) is 0 Å². The molecule has 0 aromatic heterocycles. The maximum atomic E-state index is 5.49. The Labute approximate surface area is 132 Å². The fourth-order valence-corrected chi connectivity index (χ4v) is 3.26. The highest BCUT2D eigenvalue weighted by atomic mass is 16.5. The summed E-state index contributed by atoms with van der Waals surface area (Å²) in [5.41, 5.74) is 4.09. The van der Waals surface area contributed by atoms with Crippen LogP contribution in [0.2, 0.25) is 0 Å². The summed E-state index contributed by atoms with van der Waals surface area (Å²) in [4.78, 5) is 2.43. The molecule has 2 aromatic carbocycles. The highest BCUT2D eigenvalue weighted by Crippen LogP contribution is 2.38. The van der Waals surface area contributed by atoms with E-state index >= 15 is 0 Å². The van der Waals surface area contributed by atoms with Crippen molar-refractivity contribution in [3.63, 3.8) is 0 Å². The third-order valence-corrected chi connectivity index (χ3v) is 4.54. The van der Waals surface area contributed by atoms with Gasteiger partial charge in [0.25, 0.3) is 0 Å². The Bertz CT molecular complexity index is 639. The minimum absolute atomic E-state index is 0.381. The largest absolute Gasteiger partial charge is 0.493 e. The van der Waals surface area contributed by atoms with Crippen molar-refractivity contribution in [2.24, 2.45) is 0 Å². The Morgan fingerprint density at radius 1 is 1.05 bits per heavy atom. The van der Waals surface area contributed by atoms with E-state index < -0.39 is 0 Å². The molecule has 1 heterocycles. The molecule has 1 atom stereocenters. The molecule has 0 fully saturated rings. The molecule has 3 heteroatoms. The molecule has 1 aliphatic heterocycles. The zero-order valence-electron chi connectivity index (χ0n) is 13.5. The van der Waals surface area contributed by atoms with Crippen LogP contribution >= 0.6 is 0 Å². The molecular weight excluding hydrogens is 274 g/mol. The number of fused-ring (bicyclic) bond motifs is 1. The molecular formula is C19H23NO2. The summed E-state index contributed by atoms with van der Waals surface area (Å²) in [6.45, 7) is 1.07. The van der Waals surface area contributed by atoms with Crippen LogP contribution in [-0.2, 0) is 12.8 Å². The lowest BCUT2D eigenvalue weighted by atomic mass is 9.88. The van der Waals surface area contributed by atoms with E-state index in [4.69, 9.17) is 9.47 Å². The van der Waals surface area contributed by atoms with E-state index in [0.29, 0.717) is 6.04 Å². The maximum absolute atomic E-state index is 5.49. The van der Waals surface area contributed by atoms with Crippen LogP contribution in [0.3, 0.4) is 0 Å². The lowest BCUT2D eigenvalue weighted by molar-refractivity contribution is 0.228. The van der Waals surface area contributed by atoms with Gasteiger partial charge in [0.05, 0.1) is 14.2 Å². The first kappa shape index (κ1) is 14.9. The molecule has 0 bridgehead atoms. The first-order chi connectivity index (χ1) is 10.7. The number of methoxy groups -OCH3 is 2. The van der Waals surface area contributed by atoms with Gasteiger partial charge in [0.2, 0.25) is 0 Å². The first-order valence-corrected chi connectivity index (χ1v) is 7.72. The van der Waals surface area contributed by atoms with Crippen LogP contribution < -0.4 is 9.47 Å². The molecule has 3 rings (SSSR count). The average molecular weight is 297 g/mol. The molecule has 0 aliphatic carbocycles. The summed E-state index contributed by atoms with van der Waals surface area (Å²) in [5, 5.41) is 0. The second kappa shape index (κ2) is 6.41. The lowest BCUT2D eigenvalue weighted by Gasteiger charge is -2.35. The van der Waals surface area contributed by atoms with Gasteiger partial charge < -0.3 is 9.47 Å². The summed E-state index contributed by atoms with van der Waals surface area (Å²) in [6, 6.07) is 15.3. The Morgan fingerprint density at radius 2 is 1.73 bits per heavy atom. The molecule has 3 nitrogen and oxygen atoms in total. The van der Waals surface area contributed by atoms with Gasteiger partial charge in [0.1, 0.15) is 0 Å². The number of hydrogen-bond donors (Lipinski definition) is 0. The standard InChI is InChI=1S/C19H23NO2/c1-20-10-9-15-12-18(21-2)19(22-3)13-16(15)17(20)11-14-7-5-4-6-8-14/h4-8,12-13,17H,9-11H2,1-3H3. The molecule has 0 N–H and O–H groups in total. The monoisotopic (exact) mass is 297 g/mol. The zero-order chi connectivity index (χ0) is 15.5. The zero-order valence-corrected chi connectivity index (χ0v) is 13.5. The van der Waals surface area contributed by atoms with Gasteiger partial charge in [0, 0.05) is 12.6 Å². The van der Waals surface area contributed by atoms with Gasteiger partial charge in [0.15, 0.2) is 11.5 Å². The normalized spacial score (nSPS) is 17.9. The first-order valence-electron chi connectivity index (χ1n) is 7.72. The van der Waals surface area contributed by atoms with E-state index in [9.17, 15) is 0 Å². The smallest absolute Gasteiger partial charge is 0.161 e. The number of ether oxygens (including phenoxy) is 2. The quantitative estimate of drug-likeness (QED) is 0.862. The van der Waals surface area contributed by atoms with Gasteiger partial charge in [-0.25, -0.2) is 0 Å². The van der Waals surface area contributed by atoms with E-state index in [2.05, 4.69) is 54.4 Å². The van der Waals surface area contributed by atoms with Crippen LogP contribution in [0.25, 0.3) is 0 Å². The molecule has 0 spiro atoms. The van der Waals surface area contributed by atoms with Gasteiger partial charge in [-0.1, -0.05) is 30.3 Å². The number of nitrogens with zero attached hydrogens (tertiary/aromatic N) is 1. The minimum atomic E-state index is 0.381. The van der Waals surface area contributed by atoms with Crippen LogP contribution in [0.5, 0.6) is 11.5 Å². The van der Waals surface area contributed by atoms with E-state index in [1.54, 1.807) is 14.2 Å². The predicted molar refractivity (Wildman–Crippen MR) is 88.8 cm³/mol. The maximum Gasteiger partial charge on any atom is 0.161 e. The summed E-state index contributed by atoms with van der Waals surface area (Å²) < 4.78 is 10.9. The fourth-order valence-electron chi connectivity index (χ4n) is 3.26. The number of benzene rings is 2.